The van der Waals surface area contributed by atoms with Crippen LogP contribution in [0.15, 0.2) is 84.4 Å². The maximum Gasteiger partial charge on any atom is 0.321 e. The molecular weight excluding hydrogens is 979 g/mol. The fraction of sp³-hybridized carbons (Fsp3) is 0.490. The van der Waals surface area contributed by atoms with Crippen molar-refractivity contribution < 1.29 is 54.2 Å². The zero-order chi connectivity index (χ0) is 53.6. The fourth-order valence-electron chi connectivity index (χ4n) is 8.87. The summed E-state index contributed by atoms with van der Waals surface area (Å²) in [7, 11) is 0. The van der Waals surface area contributed by atoms with Crippen molar-refractivity contribution in [3.05, 3.63) is 132 Å². The molecule has 2 aliphatic rings. The molecular formula is C51H67N9O13S. The van der Waals surface area contributed by atoms with E-state index < -0.39 is 45.8 Å². The number of aromatic nitrogens is 1. The van der Waals surface area contributed by atoms with Crippen molar-refractivity contribution in [2.24, 2.45) is 0 Å². The average Bonchev–Trinajstić information content (AvgIpc) is 3.93. The normalized spacial score (nSPS) is 16.9. The van der Waals surface area contributed by atoms with Crippen LogP contribution in [0.25, 0.3) is 0 Å². The maximum absolute atomic E-state index is 12.4. The van der Waals surface area contributed by atoms with E-state index in [2.05, 4.69) is 27.8 Å². The van der Waals surface area contributed by atoms with Crippen molar-refractivity contribution >= 4 is 52.4 Å². The minimum Gasteiger partial charge on any atom is -0.480 e. The number of carboxylic acid groups (broad SMARTS) is 4. The number of pyridine rings is 1. The van der Waals surface area contributed by atoms with Gasteiger partial charge in [-0.1, -0.05) is 50.1 Å². The van der Waals surface area contributed by atoms with Crippen LogP contribution in [0.3, 0.4) is 0 Å². The lowest BCUT2D eigenvalue weighted by Gasteiger charge is -2.30. The minimum atomic E-state index is -1.01. The fourth-order valence-corrected chi connectivity index (χ4v) is 9.61. The highest BCUT2D eigenvalue weighted by molar-refractivity contribution is 7.09. The van der Waals surface area contributed by atoms with Crippen molar-refractivity contribution in [1.82, 2.24) is 34.4 Å². The molecule has 0 aliphatic carbocycles. The molecule has 0 radical (unpaired) electrons. The number of carboxylic acids is 4. The number of carbonyl (C=O) groups excluding carboxylic acids is 1. The molecule has 4 N–H and O–H groups in total. The van der Waals surface area contributed by atoms with Gasteiger partial charge in [0.2, 0.25) is 0 Å². The summed E-state index contributed by atoms with van der Waals surface area (Å²) in [5.74, 6) is -3.77. The highest BCUT2D eigenvalue weighted by atomic mass is 32.1. The second-order valence-electron chi connectivity index (χ2n) is 18.4. The van der Waals surface area contributed by atoms with E-state index in [-0.39, 0.29) is 43.1 Å². The Labute approximate surface area is 433 Å². The Hall–Kier alpha value is -6.60. The lowest BCUT2D eigenvalue weighted by atomic mass is 10.0. The summed E-state index contributed by atoms with van der Waals surface area (Å²) in [5, 5.41) is 62.7. The number of ketones is 1. The summed E-state index contributed by atoms with van der Waals surface area (Å²) in [6.45, 7) is 9.14. The number of Topliss-reactive ketones (excluding diaryl/α,β-unsaturated/α-hetero) is 1. The third-order valence-corrected chi connectivity index (χ3v) is 14.0. The van der Waals surface area contributed by atoms with Crippen LogP contribution < -0.4 is 0 Å². The van der Waals surface area contributed by atoms with Crippen LogP contribution in [0.4, 0.5) is 11.4 Å². The van der Waals surface area contributed by atoms with Crippen LogP contribution in [0.1, 0.15) is 64.7 Å². The third-order valence-electron chi connectivity index (χ3n) is 13.1. The Balaban J connectivity index is 0.000000280. The standard InChI is InChI=1S/C29H39N5O7.C22H28N4O6S/c1-2-3-4-5-27(35)23-8-9-24(30-19-23)20-31-12-13-32(21-28(36)37)15-17-33(16-14-31)26(29(38)39)18-22-6-10-25(11-7-22)34(40)41;27-21(28)16-24-8-7-23(15-19-2-1-13-33-19)9-11-25(12-10-24)20(22(29)30)14-17-3-5-18(6-4-17)26(31)32/h6-11,19,26H,2-5,12-18,20-21H2,1H3,(H,36,37)(H,38,39);1-6,13,20H,7-12,14-16H2,(H,27,28)(H,29,30). The van der Waals surface area contributed by atoms with Gasteiger partial charge in [0.15, 0.2) is 5.78 Å². The number of benzene rings is 2. The van der Waals surface area contributed by atoms with E-state index in [1.54, 1.807) is 52.8 Å². The first-order valence-corrected chi connectivity index (χ1v) is 25.6. The van der Waals surface area contributed by atoms with Crippen molar-refractivity contribution in [2.75, 3.05) is 91.6 Å². The van der Waals surface area contributed by atoms with Gasteiger partial charge in [-0.25, -0.2) is 0 Å². The highest BCUT2D eigenvalue weighted by Gasteiger charge is 2.30. The summed E-state index contributed by atoms with van der Waals surface area (Å²) < 4.78 is 0. The predicted molar refractivity (Wildman–Crippen MR) is 275 cm³/mol. The van der Waals surface area contributed by atoms with Crippen molar-refractivity contribution in [3.8, 4) is 0 Å². The topological polar surface area (TPSA) is 285 Å². The van der Waals surface area contributed by atoms with Crippen LogP contribution in [0.2, 0.25) is 0 Å². The molecule has 0 saturated carbocycles. The highest BCUT2D eigenvalue weighted by Crippen LogP contribution is 2.20. The summed E-state index contributed by atoms with van der Waals surface area (Å²) in [6.07, 6.45) is 5.38. The first-order chi connectivity index (χ1) is 35.5. The molecule has 74 heavy (non-hydrogen) atoms. The molecule has 4 heterocycles. The second-order valence-corrected chi connectivity index (χ2v) is 19.5. The molecule has 23 heteroatoms. The SMILES string of the molecule is CCCCCC(=O)c1ccc(CN2CCN(CC(=O)O)CCN(C(Cc3ccc([N+](=O)[O-])cc3)C(=O)O)CC2)nc1.O=C(O)CN1CCN(Cc2cccs2)CCN(C(Cc2ccc([N+](=O)[O-])cc2)C(=O)O)CC1. The molecule has 0 amide bonds. The van der Waals surface area contributed by atoms with E-state index in [1.807, 2.05) is 32.2 Å². The van der Waals surface area contributed by atoms with Gasteiger partial charge in [-0.2, -0.15) is 0 Å². The van der Waals surface area contributed by atoms with Gasteiger partial charge in [-0.3, -0.25) is 78.6 Å². The Kier molecular flexibility index (Phi) is 23.6. The van der Waals surface area contributed by atoms with E-state index >= 15 is 0 Å². The Morgan fingerprint density at radius 3 is 1.43 bits per heavy atom. The number of nitrogens with zero attached hydrogens (tertiary/aromatic N) is 9. The lowest BCUT2D eigenvalue weighted by Crippen LogP contribution is -2.48. The number of rotatable bonds is 23. The Bertz CT molecular complexity index is 2450. The van der Waals surface area contributed by atoms with E-state index in [4.69, 9.17) is 0 Å². The Morgan fingerprint density at radius 1 is 0.595 bits per heavy atom. The molecule has 2 aliphatic heterocycles. The van der Waals surface area contributed by atoms with Gasteiger partial charge in [0.25, 0.3) is 11.4 Å². The number of carbonyl (C=O) groups is 5. The monoisotopic (exact) mass is 1050 g/mol. The molecule has 2 saturated heterocycles. The Morgan fingerprint density at radius 2 is 1.04 bits per heavy atom. The molecule has 2 unspecified atom stereocenters. The van der Waals surface area contributed by atoms with Gasteiger partial charge in [0.05, 0.1) is 28.6 Å². The number of aliphatic carboxylic acids is 4. The van der Waals surface area contributed by atoms with Gasteiger partial charge in [0, 0.05) is 139 Å². The summed E-state index contributed by atoms with van der Waals surface area (Å²) in [5.41, 5.74) is 2.61. The van der Waals surface area contributed by atoms with Crippen LogP contribution in [-0.4, -0.2) is 198 Å². The number of unbranched alkanes of at least 4 members (excludes halogenated alkanes) is 2. The van der Waals surface area contributed by atoms with Crippen LogP contribution in [-0.2, 0) is 45.1 Å². The number of non-ortho nitro benzene ring substituents is 2. The number of hydrogen-bond donors (Lipinski definition) is 4. The largest absolute Gasteiger partial charge is 0.480 e. The first kappa shape index (κ1) is 58.3. The summed E-state index contributed by atoms with van der Waals surface area (Å²) in [6, 6.07) is 17.8. The van der Waals surface area contributed by atoms with E-state index in [0.29, 0.717) is 108 Å². The van der Waals surface area contributed by atoms with E-state index in [0.717, 1.165) is 31.5 Å². The van der Waals surface area contributed by atoms with E-state index in [1.165, 1.54) is 29.1 Å². The molecule has 2 aromatic heterocycles. The van der Waals surface area contributed by atoms with Crippen molar-refractivity contribution in [1.29, 1.82) is 0 Å². The number of thiophene rings is 1. The van der Waals surface area contributed by atoms with Crippen molar-refractivity contribution in [2.45, 2.75) is 70.6 Å². The molecule has 6 rings (SSSR count). The van der Waals surface area contributed by atoms with Gasteiger partial charge < -0.3 is 20.4 Å². The smallest absolute Gasteiger partial charge is 0.321 e. The molecule has 4 aromatic rings. The average molecular weight is 1050 g/mol. The molecule has 0 spiro atoms. The van der Waals surface area contributed by atoms with Gasteiger partial charge in [-0.15, -0.1) is 11.3 Å². The molecule has 22 nitrogen and oxygen atoms in total. The maximum atomic E-state index is 12.4. The van der Waals surface area contributed by atoms with Gasteiger partial charge in [0.1, 0.15) is 12.1 Å². The quantitative estimate of drug-likeness (QED) is 0.0336. The number of nitro benzene ring substituents is 2. The minimum absolute atomic E-state index is 0.0399. The predicted octanol–water partition coefficient (Wildman–Crippen LogP) is 4.81. The third kappa shape index (κ3) is 19.7. The van der Waals surface area contributed by atoms with Crippen LogP contribution in [0.5, 0.6) is 0 Å². The first-order valence-electron chi connectivity index (χ1n) is 24.7. The van der Waals surface area contributed by atoms with Crippen LogP contribution >= 0.6 is 11.3 Å². The molecule has 400 valence electrons. The van der Waals surface area contributed by atoms with Gasteiger partial charge in [-0.05, 0) is 54.0 Å². The molecule has 2 atom stereocenters. The molecule has 0 bridgehead atoms. The number of nitro groups is 2. The summed E-state index contributed by atoms with van der Waals surface area (Å²) in [4.78, 5) is 98.1. The van der Waals surface area contributed by atoms with Crippen molar-refractivity contribution in [3.63, 3.8) is 0 Å². The molecule has 2 fully saturated rings. The summed E-state index contributed by atoms with van der Waals surface area (Å²) >= 11 is 1.66. The van der Waals surface area contributed by atoms with Gasteiger partial charge >= 0.3 is 23.9 Å². The van der Waals surface area contributed by atoms with Crippen LogP contribution in [0, 0.1) is 20.2 Å². The number of hydrogen-bond acceptors (Lipinski definition) is 17. The molecule has 2 aromatic carbocycles. The second kappa shape index (κ2) is 29.9. The zero-order valence-electron chi connectivity index (χ0n) is 41.7. The zero-order valence-corrected chi connectivity index (χ0v) is 42.5. The van der Waals surface area contributed by atoms with E-state index in [9.17, 15) is 64.6 Å². The lowest BCUT2D eigenvalue weighted by molar-refractivity contribution is -0.385.